The van der Waals surface area contributed by atoms with Crippen LogP contribution in [0.3, 0.4) is 0 Å². The van der Waals surface area contributed by atoms with Gasteiger partial charge in [0.25, 0.3) is 5.69 Å². The minimum Gasteiger partial charge on any atom is -0.477 e. The van der Waals surface area contributed by atoms with Crippen LogP contribution in [-0.4, -0.2) is 16.3 Å². The molecule has 2 rings (SSSR count). The molecule has 1 aromatic heterocycles. The third kappa shape index (κ3) is 1.65. The fourth-order valence-electron chi connectivity index (χ4n) is 1.26. The normalized spacial score (nSPS) is 10.3. The van der Waals surface area contributed by atoms with E-state index in [1.165, 1.54) is 10.7 Å². The number of para-hydroxylation sites is 1. The molecule has 0 fully saturated rings. The van der Waals surface area contributed by atoms with E-state index in [-0.39, 0.29) is 10.2 Å². The SMILES string of the molecule is O=C(O)c1ccccc1-[n+]1[nH]oc(=O)c1Br. The zero-order valence-corrected chi connectivity index (χ0v) is 9.39. The Morgan fingerprint density at radius 1 is 1.44 bits per heavy atom. The molecule has 0 aliphatic rings. The second-order valence-electron chi connectivity index (χ2n) is 2.93. The first kappa shape index (κ1) is 10.6. The van der Waals surface area contributed by atoms with Crippen molar-refractivity contribution in [3.63, 3.8) is 0 Å². The second kappa shape index (κ2) is 3.93. The van der Waals surface area contributed by atoms with Crippen LogP contribution >= 0.6 is 15.9 Å². The van der Waals surface area contributed by atoms with E-state index in [4.69, 9.17) is 5.11 Å². The highest BCUT2D eigenvalue weighted by Gasteiger charge is 2.25. The number of nitrogens with zero attached hydrogens (tertiary/aromatic N) is 1. The number of H-pyrrole nitrogens is 1. The third-order valence-corrected chi connectivity index (χ3v) is 2.65. The quantitative estimate of drug-likeness (QED) is 0.796. The molecule has 16 heavy (non-hydrogen) atoms. The molecule has 0 unspecified atom stereocenters. The molecule has 0 spiro atoms. The number of halogens is 1. The van der Waals surface area contributed by atoms with Gasteiger partial charge in [-0.05, 0) is 16.0 Å². The van der Waals surface area contributed by atoms with Crippen LogP contribution in [0.15, 0.2) is 38.2 Å². The summed E-state index contributed by atoms with van der Waals surface area (Å²) in [5, 5.41) is 11.3. The summed E-state index contributed by atoms with van der Waals surface area (Å²) in [5.41, 5.74) is -0.238. The molecule has 1 aromatic carbocycles. The van der Waals surface area contributed by atoms with Gasteiger partial charge in [0.2, 0.25) is 0 Å². The van der Waals surface area contributed by atoms with Crippen LogP contribution in [0.2, 0.25) is 0 Å². The standard InChI is InChI=1S/C9H5BrN2O4/c10-7-9(15)16-11-12(7)6-4-2-1-3-5(6)8(13)14/h1-4H,(H-,11,13,14,15)/p+1. The van der Waals surface area contributed by atoms with E-state index >= 15 is 0 Å². The Bertz CT molecular complexity index is 602. The summed E-state index contributed by atoms with van der Waals surface area (Å²) < 4.78 is 5.84. The lowest BCUT2D eigenvalue weighted by molar-refractivity contribution is -0.680. The summed E-state index contributed by atoms with van der Waals surface area (Å²) in [6.45, 7) is 0. The van der Waals surface area contributed by atoms with Crippen molar-refractivity contribution in [1.29, 1.82) is 0 Å². The van der Waals surface area contributed by atoms with Gasteiger partial charge in [0.05, 0.1) is 0 Å². The first-order chi connectivity index (χ1) is 7.61. The molecule has 82 valence electrons. The van der Waals surface area contributed by atoms with Crippen molar-refractivity contribution in [3.8, 4) is 5.69 Å². The molecule has 2 aromatic rings. The largest absolute Gasteiger partial charge is 0.477 e. The van der Waals surface area contributed by atoms with Crippen molar-refractivity contribution >= 4 is 21.9 Å². The molecule has 0 radical (unpaired) electrons. The smallest absolute Gasteiger partial charge is 0.442 e. The van der Waals surface area contributed by atoms with Gasteiger partial charge in [-0.1, -0.05) is 12.1 Å². The van der Waals surface area contributed by atoms with Crippen LogP contribution in [0.25, 0.3) is 5.69 Å². The number of carbonyl (C=O) groups is 1. The van der Waals surface area contributed by atoms with Crippen molar-refractivity contribution in [2.45, 2.75) is 0 Å². The van der Waals surface area contributed by atoms with Crippen LogP contribution in [-0.2, 0) is 0 Å². The van der Waals surface area contributed by atoms with Crippen LogP contribution in [0.4, 0.5) is 0 Å². The number of rotatable bonds is 2. The average molecular weight is 286 g/mol. The maximum Gasteiger partial charge on any atom is 0.442 e. The Labute approximate surface area is 97.2 Å². The Kier molecular flexibility index (Phi) is 2.61. The van der Waals surface area contributed by atoms with E-state index in [1.54, 1.807) is 18.2 Å². The summed E-state index contributed by atoms with van der Waals surface area (Å²) in [6.07, 6.45) is 0. The van der Waals surface area contributed by atoms with Gasteiger partial charge in [-0.3, -0.25) is 4.52 Å². The molecule has 6 nitrogen and oxygen atoms in total. The van der Waals surface area contributed by atoms with Crippen LogP contribution < -0.4 is 10.3 Å². The van der Waals surface area contributed by atoms with Gasteiger partial charge in [0.1, 0.15) is 5.56 Å². The highest BCUT2D eigenvalue weighted by molar-refractivity contribution is 9.10. The number of aromatic nitrogens is 2. The number of nitrogens with one attached hydrogen (secondary N) is 1. The summed E-state index contributed by atoms with van der Waals surface area (Å²) in [5.74, 6) is -1.09. The van der Waals surface area contributed by atoms with Gasteiger partial charge in [0.15, 0.2) is 0 Å². The van der Waals surface area contributed by atoms with Gasteiger partial charge in [-0.25, -0.2) is 9.59 Å². The summed E-state index contributed by atoms with van der Waals surface area (Å²) in [7, 11) is 0. The van der Waals surface area contributed by atoms with E-state index < -0.39 is 11.6 Å². The lowest BCUT2D eigenvalue weighted by Crippen LogP contribution is -2.36. The minimum absolute atomic E-state index is 0.0604. The fraction of sp³-hybridized carbons (Fsp3) is 0. The van der Waals surface area contributed by atoms with Crippen molar-refractivity contribution < 1.29 is 19.1 Å². The molecule has 2 N–H and O–H groups in total. The maximum atomic E-state index is 11.1. The van der Waals surface area contributed by atoms with E-state index in [0.29, 0.717) is 5.69 Å². The van der Waals surface area contributed by atoms with Gasteiger partial charge < -0.3 is 5.11 Å². The predicted molar refractivity (Wildman–Crippen MR) is 55.5 cm³/mol. The highest BCUT2D eigenvalue weighted by atomic mass is 79.9. The molecule has 0 bridgehead atoms. The van der Waals surface area contributed by atoms with Crippen molar-refractivity contribution in [2.75, 3.05) is 0 Å². The number of hydrogen-bond donors (Lipinski definition) is 2. The fourth-order valence-corrected chi connectivity index (χ4v) is 1.61. The Morgan fingerprint density at radius 3 is 2.69 bits per heavy atom. The molecule has 0 atom stereocenters. The monoisotopic (exact) mass is 285 g/mol. The van der Waals surface area contributed by atoms with Crippen molar-refractivity contribution in [2.24, 2.45) is 0 Å². The summed E-state index contributed by atoms with van der Waals surface area (Å²) in [6, 6.07) is 6.24. The molecule has 0 amide bonds. The van der Waals surface area contributed by atoms with E-state index in [0.717, 1.165) is 0 Å². The number of aromatic amines is 1. The number of carboxylic acid groups (broad SMARTS) is 1. The summed E-state index contributed by atoms with van der Waals surface area (Å²) in [4.78, 5) is 22.0. The van der Waals surface area contributed by atoms with Gasteiger partial charge in [-0.15, -0.1) is 0 Å². The topological polar surface area (TPSA) is 87.2 Å². The van der Waals surface area contributed by atoms with Crippen LogP contribution in [0.5, 0.6) is 0 Å². The molecule has 0 aliphatic carbocycles. The van der Waals surface area contributed by atoms with Crippen LogP contribution in [0.1, 0.15) is 10.4 Å². The Hall–Kier alpha value is -1.89. The predicted octanol–water partition coefficient (Wildman–Crippen LogP) is 0.705. The Morgan fingerprint density at radius 2 is 2.12 bits per heavy atom. The van der Waals surface area contributed by atoms with Crippen LogP contribution in [0, 0.1) is 0 Å². The molecular formula is C9H6BrN2O4+. The van der Waals surface area contributed by atoms with E-state index in [1.807, 2.05) is 0 Å². The maximum absolute atomic E-state index is 11.1. The highest BCUT2D eigenvalue weighted by Crippen LogP contribution is 2.09. The first-order valence-electron chi connectivity index (χ1n) is 4.23. The van der Waals surface area contributed by atoms with E-state index in [2.05, 4.69) is 25.7 Å². The van der Waals surface area contributed by atoms with Gasteiger partial charge >= 0.3 is 16.2 Å². The number of aromatic carboxylic acids is 1. The molecule has 7 heteroatoms. The van der Waals surface area contributed by atoms with Gasteiger partial charge in [0, 0.05) is 22.0 Å². The zero-order valence-electron chi connectivity index (χ0n) is 7.81. The molecular weight excluding hydrogens is 280 g/mol. The molecule has 0 saturated carbocycles. The third-order valence-electron chi connectivity index (χ3n) is 1.97. The molecule has 0 aliphatic heterocycles. The number of benzene rings is 1. The lowest BCUT2D eigenvalue weighted by Gasteiger charge is -1.95. The molecule has 1 heterocycles. The minimum atomic E-state index is -1.09. The van der Waals surface area contributed by atoms with E-state index in [9.17, 15) is 9.59 Å². The lowest BCUT2D eigenvalue weighted by atomic mass is 10.2. The summed E-state index contributed by atoms with van der Waals surface area (Å²) >= 11 is 3.00. The van der Waals surface area contributed by atoms with Crippen molar-refractivity contribution in [3.05, 3.63) is 44.9 Å². The number of carboxylic acids is 1. The van der Waals surface area contributed by atoms with Gasteiger partial charge in [-0.2, -0.15) is 0 Å². The Balaban J connectivity index is 2.69. The second-order valence-corrected chi connectivity index (χ2v) is 3.68. The zero-order chi connectivity index (χ0) is 11.7. The number of hydrogen-bond acceptors (Lipinski definition) is 3. The average Bonchev–Trinajstić information content (AvgIpc) is 2.60. The molecule has 0 saturated heterocycles. The first-order valence-corrected chi connectivity index (χ1v) is 5.02. The van der Waals surface area contributed by atoms with Crippen molar-refractivity contribution in [1.82, 2.24) is 5.27 Å².